The van der Waals surface area contributed by atoms with Crippen LogP contribution in [0.15, 0.2) is 36.5 Å². The summed E-state index contributed by atoms with van der Waals surface area (Å²) in [5.74, 6) is 0.876. The van der Waals surface area contributed by atoms with E-state index in [0.717, 1.165) is 46.9 Å². The summed E-state index contributed by atoms with van der Waals surface area (Å²) in [6.45, 7) is 6.94. The van der Waals surface area contributed by atoms with Gasteiger partial charge in [0.15, 0.2) is 0 Å². The molecule has 0 fully saturated rings. The number of pyridine rings is 1. The van der Waals surface area contributed by atoms with Crippen molar-refractivity contribution in [2.24, 2.45) is 0 Å². The minimum Gasteiger partial charge on any atom is -0.376 e. The van der Waals surface area contributed by atoms with Crippen LogP contribution in [-0.4, -0.2) is 27.2 Å². The van der Waals surface area contributed by atoms with Crippen LogP contribution in [0.5, 0.6) is 0 Å². The predicted octanol–water partition coefficient (Wildman–Crippen LogP) is 4.66. The van der Waals surface area contributed by atoms with Crippen LogP contribution in [0.25, 0.3) is 22.6 Å². The fourth-order valence-corrected chi connectivity index (χ4v) is 3.70. The van der Waals surface area contributed by atoms with Gasteiger partial charge in [-0.25, -0.2) is 9.37 Å². The summed E-state index contributed by atoms with van der Waals surface area (Å²) in [6, 6.07) is 9.98. The maximum atomic E-state index is 13.4. The van der Waals surface area contributed by atoms with E-state index in [9.17, 15) is 4.39 Å². The molecule has 0 unspecified atom stereocenters. The van der Waals surface area contributed by atoms with Crippen molar-refractivity contribution >= 4 is 0 Å². The van der Waals surface area contributed by atoms with Crippen molar-refractivity contribution in [3.8, 4) is 22.6 Å². The Morgan fingerprint density at radius 3 is 2.81 bits per heavy atom. The van der Waals surface area contributed by atoms with Gasteiger partial charge in [-0.05, 0) is 50.1 Å². The summed E-state index contributed by atoms with van der Waals surface area (Å²) in [7, 11) is 0. The summed E-state index contributed by atoms with van der Waals surface area (Å²) in [4.78, 5) is 9.32. The van der Waals surface area contributed by atoms with Crippen LogP contribution in [0.2, 0.25) is 0 Å². The molecule has 4 rings (SSSR count). The summed E-state index contributed by atoms with van der Waals surface area (Å²) in [5, 5.41) is 0. The predicted molar refractivity (Wildman–Crippen MR) is 104 cm³/mol. The van der Waals surface area contributed by atoms with Crippen LogP contribution in [0.1, 0.15) is 29.4 Å². The van der Waals surface area contributed by atoms with Crippen molar-refractivity contribution in [3.63, 3.8) is 0 Å². The fourth-order valence-electron chi connectivity index (χ4n) is 3.70. The molecule has 0 saturated carbocycles. The van der Waals surface area contributed by atoms with Crippen molar-refractivity contribution in [2.45, 2.75) is 46.5 Å². The summed E-state index contributed by atoms with van der Waals surface area (Å²) in [5.41, 5.74) is 6.78. The number of alkyl halides is 1. The Balaban J connectivity index is 1.92. The van der Waals surface area contributed by atoms with Gasteiger partial charge in [-0.1, -0.05) is 12.1 Å². The highest BCUT2D eigenvalue weighted by atomic mass is 19.1. The molecule has 0 amide bonds. The smallest absolute Gasteiger partial charge is 0.140 e. The lowest BCUT2D eigenvalue weighted by Gasteiger charge is -2.13. The molecule has 0 N–H and O–H groups in total. The molecule has 1 aliphatic rings. The van der Waals surface area contributed by atoms with E-state index in [-0.39, 0.29) is 6.10 Å². The SMILES string of the molecule is Cc1cc(-c2nc(-c3ccc(C)c(CF)c3)n3c2CCO[C@H](C)C3)ccn1. The molecule has 27 heavy (non-hydrogen) atoms. The van der Waals surface area contributed by atoms with Gasteiger partial charge in [0.2, 0.25) is 0 Å². The minimum absolute atomic E-state index is 0.109. The van der Waals surface area contributed by atoms with Crippen molar-refractivity contribution in [1.29, 1.82) is 0 Å². The summed E-state index contributed by atoms with van der Waals surface area (Å²) >= 11 is 0. The number of benzene rings is 1. The minimum atomic E-state index is -0.469. The monoisotopic (exact) mass is 365 g/mol. The fraction of sp³-hybridized carbons (Fsp3) is 0.364. The molecule has 140 valence electrons. The highest BCUT2D eigenvalue weighted by molar-refractivity contribution is 5.69. The van der Waals surface area contributed by atoms with E-state index in [1.165, 1.54) is 5.69 Å². The first-order chi connectivity index (χ1) is 13.1. The lowest BCUT2D eigenvalue weighted by Crippen LogP contribution is -2.15. The Morgan fingerprint density at radius 2 is 2.04 bits per heavy atom. The molecule has 3 aromatic rings. The lowest BCUT2D eigenvalue weighted by atomic mass is 10.1. The number of imidazole rings is 1. The van der Waals surface area contributed by atoms with Crippen LogP contribution >= 0.6 is 0 Å². The first kappa shape index (κ1) is 17.9. The molecular weight excluding hydrogens is 341 g/mol. The lowest BCUT2D eigenvalue weighted by molar-refractivity contribution is 0.0666. The van der Waals surface area contributed by atoms with Gasteiger partial charge in [0.05, 0.1) is 24.9 Å². The zero-order valence-corrected chi connectivity index (χ0v) is 16.0. The molecule has 1 atom stereocenters. The van der Waals surface area contributed by atoms with Crippen molar-refractivity contribution in [2.75, 3.05) is 6.61 Å². The number of aromatic nitrogens is 3. The number of aryl methyl sites for hydroxylation is 2. The maximum absolute atomic E-state index is 13.4. The van der Waals surface area contributed by atoms with E-state index >= 15 is 0 Å². The molecule has 0 spiro atoms. The van der Waals surface area contributed by atoms with Crippen LogP contribution in [0, 0.1) is 13.8 Å². The molecule has 2 aromatic heterocycles. The van der Waals surface area contributed by atoms with Crippen LogP contribution < -0.4 is 0 Å². The normalized spacial score (nSPS) is 16.8. The molecule has 1 aliphatic heterocycles. The third kappa shape index (κ3) is 3.39. The average molecular weight is 365 g/mol. The Labute approximate surface area is 159 Å². The van der Waals surface area contributed by atoms with Gasteiger partial charge in [-0.2, -0.15) is 0 Å². The van der Waals surface area contributed by atoms with Gasteiger partial charge >= 0.3 is 0 Å². The quantitative estimate of drug-likeness (QED) is 0.678. The molecule has 0 bridgehead atoms. The Hall–Kier alpha value is -2.53. The van der Waals surface area contributed by atoms with Gasteiger partial charge in [0.1, 0.15) is 12.5 Å². The second-order valence-corrected chi connectivity index (χ2v) is 7.23. The molecule has 5 heteroatoms. The van der Waals surface area contributed by atoms with E-state index in [2.05, 4.69) is 22.5 Å². The summed E-state index contributed by atoms with van der Waals surface area (Å²) in [6.07, 6.45) is 2.73. The van der Waals surface area contributed by atoms with Gasteiger partial charge in [0, 0.05) is 35.1 Å². The first-order valence-electron chi connectivity index (χ1n) is 9.36. The summed E-state index contributed by atoms with van der Waals surface area (Å²) < 4.78 is 21.5. The number of halogens is 1. The van der Waals surface area contributed by atoms with Gasteiger partial charge < -0.3 is 9.30 Å². The number of ether oxygens (including phenoxy) is 1. The number of rotatable bonds is 3. The van der Waals surface area contributed by atoms with Gasteiger partial charge in [0.25, 0.3) is 0 Å². The highest BCUT2D eigenvalue weighted by Gasteiger charge is 2.24. The topological polar surface area (TPSA) is 39.9 Å². The maximum Gasteiger partial charge on any atom is 0.140 e. The second kappa shape index (κ2) is 7.24. The Kier molecular flexibility index (Phi) is 4.79. The van der Waals surface area contributed by atoms with E-state index in [1.807, 2.05) is 44.3 Å². The van der Waals surface area contributed by atoms with Crippen LogP contribution in [0.4, 0.5) is 4.39 Å². The van der Waals surface area contributed by atoms with E-state index in [1.54, 1.807) is 0 Å². The van der Waals surface area contributed by atoms with E-state index in [0.29, 0.717) is 12.2 Å². The number of fused-ring (bicyclic) bond motifs is 1. The molecule has 0 saturated heterocycles. The number of hydrogen-bond acceptors (Lipinski definition) is 3. The zero-order valence-electron chi connectivity index (χ0n) is 16.0. The van der Waals surface area contributed by atoms with E-state index < -0.39 is 6.67 Å². The molecule has 1 aromatic carbocycles. The molecule has 0 aliphatic carbocycles. The van der Waals surface area contributed by atoms with Crippen molar-refractivity contribution < 1.29 is 9.13 Å². The highest BCUT2D eigenvalue weighted by Crippen LogP contribution is 2.32. The standard InChI is InChI=1S/C22H24FN3O/c1-14-4-5-18(11-19(14)12-23)22-25-21(17-6-8-24-15(2)10-17)20-7-9-27-16(3)13-26(20)22/h4-6,8,10-11,16H,7,9,12-13H2,1-3H3/t16-/m1/s1. The zero-order chi connectivity index (χ0) is 19.0. The first-order valence-corrected chi connectivity index (χ1v) is 9.36. The van der Waals surface area contributed by atoms with Gasteiger partial charge in [-0.3, -0.25) is 4.98 Å². The van der Waals surface area contributed by atoms with Crippen molar-refractivity contribution in [3.05, 3.63) is 59.0 Å². The van der Waals surface area contributed by atoms with Crippen LogP contribution in [0.3, 0.4) is 0 Å². The van der Waals surface area contributed by atoms with Gasteiger partial charge in [-0.15, -0.1) is 0 Å². The largest absolute Gasteiger partial charge is 0.376 e. The second-order valence-electron chi connectivity index (χ2n) is 7.23. The van der Waals surface area contributed by atoms with E-state index in [4.69, 9.17) is 9.72 Å². The molecule has 3 heterocycles. The van der Waals surface area contributed by atoms with Crippen molar-refractivity contribution in [1.82, 2.24) is 14.5 Å². The average Bonchev–Trinajstić information content (AvgIpc) is 2.89. The third-order valence-corrected chi connectivity index (χ3v) is 5.17. The van der Waals surface area contributed by atoms with Crippen LogP contribution in [-0.2, 0) is 24.4 Å². The molecule has 0 radical (unpaired) electrons. The molecule has 4 nitrogen and oxygen atoms in total. The third-order valence-electron chi connectivity index (χ3n) is 5.17. The number of hydrogen-bond donors (Lipinski definition) is 0. The Bertz CT molecular complexity index is 980. The Morgan fingerprint density at radius 1 is 1.19 bits per heavy atom. The molecular formula is C22H24FN3O. The number of nitrogens with zero attached hydrogens (tertiary/aromatic N) is 3.